The van der Waals surface area contributed by atoms with E-state index in [1.807, 2.05) is 34.0 Å². The predicted molar refractivity (Wildman–Crippen MR) is 80.2 cm³/mol. The van der Waals surface area contributed by atoms with Gasteiger partial charge < -0.3 is 10.1 Å². The topological polar surface area (TPSA) is 55.4 Å². The van der Waals surface area contributed by atoms with Crippen LogP contribution >= 0.6 is 11.8 Å². The molecule has 1 N–H and O–H groups in total. The molecule has 19 heavy (non-hydrogen) atoms. The Bertz CT molecular complexity index is 300. The fourth-order valence-electron chi connectivity index (χ4n) is 1.83. The molecule has 0 aromatic heterocycles. The van der Waals surface area contributed by atoms with Gasteiger partial charge in [0.15, 0.2) is 0 Å². The molecule has 0 fully saturated rings. The number of hydrogen-bond acceptors (Lipinski definition) is 4. The fraction of sp³-hybridized carbons (Fsp3) is 0.857. The number of amides is 1. The minimum Gasteiger partial charge on any atom is -0.465 e. The predicted octanol–water partition coefficient (Wildman–Crippen LogP) is 2.47. The van der Waals surface area contributed by atoms with Crippen LogP contribution in [0, 0.1) is 11.3 Å². The van der Waals surface area contributed by atoms with Crippen LogP contribution in [-0.4, -0.2) is 36.5 Å². The van der Waals surface area contributed by atoms with Crippen LogP contribution in [0.15, 0.2) is 0 Å². The highest BCUT2D eigenvalue weighted by atomic mass is 32.2. The van der Waals surface area contributed by atoms with Gasteiger partial charge in [0.05, 0.1) is 6.61 Å². The average Bonchev–Trinajstić information content (AvgIpc) is 2.26. The first-order chi connectivity index (χ1) is 8.77. The van der Waals surface area contributed by atoms with Crippen LogP contribution in [0.25, 0.3) is 0 Å². The summed E-state index contributed by atoms with van der Waals surface area (Å²) in [6, 6.07) is 0.0989. The number of hydrogen-bond donors (Lipinski definition) is 1. The third kappa shape index (κ3) is 6.32. The molecular weight excluding hydrogens is 262 g/mol. The van der Waals surface area contributed by atoms with Gasteiger partial charge in [0, 0.05) is 11.8 Å². The summed E-state index contributed by atoms with van der Waals surface area (Å²) < 4.78 is 5.02. The molecule has 112 valence electrons. The van der Waals surface area contributed by atoms with Crippen molar-refractivity contribution in [3.05, 3.63) is 0 Å². The van der Waals surface area contributed by atoms with Gasteiger partial charge >= 0.3 is 5.97 Å². The Hall–Kier alpha value is -0.710. The zero-order valence-electron chi connectivity index (χ0n) is 12.9. The highest BCUT2D eigenvalue weighted by Gasteiger charge is 2.39. The quantitative estimate of drug-likeness (QED) is 0.578. The van der Waals surface area contributed by atoms with E-state index < -0.39 is 17.3 Å². The second-order valence-corrected chi connectivity index (χ2v) is 6.53. The van der Waals surface area contributed by atoms with E-state index in [-0.39, 0.29) is 11.9 Å². The van der Waals surface area contributed by atoms with E-state index in [0.29, 0.717) is 6.61 Å². The number of carbonyl (C=O) groups excluding carboxylic acids is 2. The smallest absolute Gasteiger partial charge is 0.319 e. The lowest BCUT2D eigenvalue weighted by Crippen LogP contribution is -2.47. The average molecular weight is 289 g/mol. The molecule has 2 unspecified atom stereocenters. The normalized spacial score (nSPS) is 14.6. The van der Waals surface area contributed by atoms with E-state index in [1.165, 1.54) is 0 Å². The first kappa shape index (κ1) is 18.3. The molecule has 0 heterocycles. The van der Waals surface area contributed by atoms with Gasteiger partial charge in [-0.2, -0.15) is 11.8 Å². The van der Waals surface area contributed by atoms with Crippen molar-refractivity contribution < 1.29 is 14.3 Å². The van der Waals surface area contributed by atoms with Crippen molar-refractivity contribution in [3.63, 3.8) is 0 Å². The zero-order chi connectivity index (χ0) is 15.1. The minimum atomic E-state index is -0.761. The van der Waals surface area contributed by atoms with Crippen LogP contribution in [0.4, 0.5) is 0 Å². The number of ether oxygens (including phenoxy) is 1. The molecule has 0 aliphatic heterocycles. The van der Waals surface area contributed by atoms with E-state index >= 15 is 0 Å². The molecule has 4 nitrogen and oxygen atoms in total. The van der Waals surface area contributed by atoms with E-state index in [1.54, 1.807) is 18.7 Å². The Morgan fingerprint density at radius 3 is 2.21 bits per heavy atom. The standard InChI is InChI=1S/C14H27NO3S/c1-7-10(9-19-6)15-12(16)11(14(3,4)5)13(17)18-8-2/h10-11H,7-9H2,1-6H3,(H,15,16). The largest absolute Gasteiger partial charge is 0.465 e. The minimum absolute atomic E-state index is 0.0989. The van der Waals surface area contributed by atoms with Crippen molar-refractivity contribution >= 4 is 23.6 Å². The number of rotatable bonds is 7. The zero-order valence-corrected chi connectivity index (χ0v) is 13.7. The summed E-state index contributed by atoms with van der Waals surface area (Å²) in [5.74, 6) is -0.580. The highest BCUT2D eigenvalue weighted by molar-refractivity contribution is 7.98. The summed E-state index contributed by atoms with van der Waals surface area (Å²) in [6.45, 7) is 9.70. The lowest BCUT2D eigenvalue weighted by atomic mass is 9.80. The van der Waals surface area contributed by atoms with Gasteiger partial charge in [-0.05, 0) is 25.0 Å². The van der Waals surface area contributed by atoms with E-state index in [4.69, 9.17) is 4.74 Å². The molecule has 0 aliphatic carbocycles. The molecule has 0 radical (unpaired) electrons. The Balaban J connectivity index is 4.87. The van der Waals surface area contributed by atoms with Crippen LogP contribution in [0.5, 0.6) is 0 Å². The molecule has 0 rings (SSSR count). The van der Waals surface area contributed by atoms with Crippen molar-refractivity contribution in [3.8, 4) is 0 Å². The van der Waals surface area contributed by atoms with Gasteiger partial charge in [-0.1, -0.05) is 27.7 Å². The van der Waals surface area contributed by atoms with Gasteiger partial charge in [0.2, 0.25) is 5.91 Å². The third-order valence-electron chi connectivity index (χ3n) is 2.86. The molecular formula is C14H27NO3S. The van der Waals surface area contributed by atoms with Crippen molar-refractivity contribution in [2.45, 2.75) is 47.1 Å². The molecule has 0 saturated carbocycles. The molecule has 0 saturated heterocycles. The number of esters is 1. The summed E-state index contributed by atoms with van der Waals surface area (Å²) in [7, 11) is 0. The maximum atomic E-state index is 12.3. The molecule has 0 aromatic rings. The van der Waals surface area contributed by atoms with Gasteiger partial charge in [0.1, 0.15) is 5.92 Å². The maximum absolute atomic E-state index is 12.3. The van der Waals surface area contributed by atoms with Gasteiger partial charge in [-0.3, -0.25) is 9.59 Å². The van der Waals surface area contributed by atoms with Crippen molar-refractivity contribution in [2.24, 2.45) is 11.3 Å². The van der Waals surface area contributed by atoms with E-state index in [0.717, 1.165) is 12.2 Å². The maximum Gasteiger partial charge on any atom is 0.319 e. The lowest BCUT2D eigenvalue weighted by Gasteiger charge is -2.29. The fourth-order valence-corrected chi connectivity index (χ4v) is 2.55. The third-order valence-corrected chi connectivity index (χ3v) is 3.59. The summed E-state index contributed by atoms with van der Waals surface area (Å²) in [6.07, 6.45) is 2.85. The Morgan fingerprint density at radius 1 is 1.26 bits per heavy atom. The number of thioether (sulfide) groups is 1. The Labute approximate surface area is 121 Å². The van der Waals surface area contributed by atoms with Crippen LogP contribution < -0.4 is 5.32 Å². The molecule has 0 aliphatic rings. The van der Waals surface area contributed by atoms with Crippen molar-refractivity contribution in [1.29, 1.82) is 0 Å². The summed E-state index contributed by atoms with van der Waals surface area (Å²) in [4.78, 5) is 24.3. The first-order valence-corrected chi connectivity index (χ1v) is 8.13. The second-order valence-electron chi connectivity index (χ2n) is 5.62. The molecule has 1 amide bonds. The molecule has 2 atom stereocenters. The van der Waals surface area contributed by atoms with Gasteiger partial charge in [-0.25, -0.2) is 0 Å². The van der Waals surface area contributed by atoms with Crippen LogP contribution in [0.1, 0.15) is 41.0 Å². The van der Waals surface area contributed by atoms with Crippen molar-refractivity contribution in [1.82, 2.24) is 5.32 Å². The summed E-state index contributed by atoms with van der Waals surface area (Å²) in [5, 5.41) is 2.95. The molecule has 0 bridgehead atoms. The van der Waals surface area contributed by atoms with Crippen LogP contribution in [0.3, 0.4) is 0 Å². The van der Waals surface area contributed by atoms with Crippen molar-refractivity contribution in [2.75, 3.05) is 18.6 Å². The summed E-state index contributed by atoms with van der Waals surface area (Å²) >= 11 is 1.68. The molecule has 5 heteroatoms. The number of carbonyl (C=O) groups is 2. The highest BCUT2D eigenvalue weighted by Crippen LogP contribution is 2.27. The van der Waals surface area contributed by atoms with Gasteiger partial charge in [0.25, 0.3) is 0 Å². The van der Waals surface area contributed by atoms with Crippen LogP contribution in [0.2, 0.25) is 0 Å². The summed E-state index contributed by atoms with van der Waals surface area (Å²) in [5.41, 5.74) is -0.450. The van der Waals surface area contributed by atoms with E-state index in [2.05, 4.69) is 5.32 Å². The SMILES string of the molecule is CCOC(=O)C(C(=O)NC(CC)CSC)C(C)(C)C. The second kappa shape index (κ2) is 8.46. The Kier molecular flexibility index (Phi) is 8.14. The lowest BCUT2D eigenvalue weighted by molar-refractivity contribution is -0.156. The Morgan fingerprint density at radius 2 is 1.84 bits per heavy atom. The molecule has 0 spiro atoms. The van der Waals surface area contributed by atoms with E-state index in [9.17, 15) is 9.59 Å². The molecule has 0 aromatic carbocycles. The number of nitrogens with one attached hydrogen (secondary N) is 1. The van der Waals surface area contributed by atoms with Gasteiger partial charge in [-0.15, -0.1) is 0 Å². The monoisotopic (exact) mass is 289 g/mol. The van der Waals surface area contributed by atoms with Crippen LogP contribution in [-0.2, 0) is 14.3 Å². The first-order valence-electron chi connectivity index (χ1n) is 6.73.